The van der Waals surface area contributed by atoms with Gasteiger partial charge in [-0.05, 0) is 53.3 Å². The summed E-state index contributed by atoms with van der Waals surface area (Å²) < 4.78 is 0. The number of nitrogens with one attached hydrogen (secondary N) is 1. The Morgan fingerprint density at radius 3 is 2.79 bits per heavy atom. The second-order valence-corrected chi connectivity index (χ2v) is 5.52. The molecular weight excluding hydrogens is 240 g/mol. The fraction of sp³-hybridized carbons (Fsp3) is 0.643. The summed E-state index contributed by atoms with van der Waals surface area (Å²) in [6, 6.07) is 2.10. The molecule has 19 heavy (non-hydrogen) atoms. The van der Waals surface area contributed by atoms with E-state index in [-0.39, 0.29) is 18.0 Å². The molecule has 1 aromatic heterocycles. The number of aryl methyl sites for hydroxylation is 1. The summed E-state index contributed by atoms with van der Waals surface area (Å²) >= 11 is 0. The van der Waals surface area contributed by atoms with Gasteiger partial charge in [0, 0.05) is 11.7 Å². The third-order valence-corrected chi connectivity index (χ3v) is 3.34. The highest BCUT2D eigenvalue weighted by Crippen LogP contribution is 2.28. The molecule has 0 aromatic carbocycles. The van der Waals surface area contributed by atoms with Crippen LogP contribution in [0.1, 0.15) is 54.7 Å². The molecule has 1 N–H and O–H groups in total. The van der Waals surface area contributed by atoms with Crippen molar-refractivity contribution < 1.29 is 4.79 Å². The highest BCUT2D eigenvalue weighted by Gasteiger charge is 2.26. The lowest BCUT2D eigenvalue weighted by Crippen LogP contribution is -2.31. The molecule has 2 rings (SSSR count). The fourth-order valence-electron chi connectivity index (χ4n) is 2.43. The molecule has 1 atom stereocenters. The van der Waals surface area contributed by atoms with Crippen LogP contribution in [0.2, 0.25) is 0 Å². The minimum absolute atomic E-state index is 0.111. The van der Waals surface area contributed by atoms with Gasteiger partial charge in [0.15, 0.2) is 0 Å². The molecule has 1 saturated heterocycles. The van der Waals surface area contributed by atoms with Gasteiger partial charge in [-0.15, -0.1) is 0 Å². The summed E-state index contributed by atoms with van der Waals surface area (Å²) in [7, 11) is 2.08. The second-order valence-electron chi connectivity index (χ2n) is 5.52. The van der Waals surface area contributed by atoms with Crippen molar-refractivity contribution in [3.05, 3.63) is 23.3 Å². The topological polar surface area (TPSA) is 58.1 Å². The Bertz CT molecular complexity index is 473. The first kappa shape index (κ1) is 13.9. The molecule has 1 aromatic rings. The molecular formula is C14H22N4O. The monoisotopic (exact) mass is 262 g/mol. The lowest BCUT2D eigenvalue weighted by Gasteiger charge is -2.19. The van der Waals surface area contributed by atoms with Crippen LogP contribution in [0.5, 0.6) is 0 Å². The molecule has 0 saturated carbocycles. The first-order valence-corrected chi connectivity index (χ1v) is 6.84. The maximum absolute atomic E-state index is 12.0. The number of carbonyl (C=O) groups is 1. The largest absolute Gasteiger partial charge is 0.349 e. The number of rotatable bonds is 3. The smallest absolute Gasteiger partial charge is 0.270 e. The molecule has 5 nitrogen and oxygen atoms in total. The second kappa shape index (κ2) is 5.65. The lowest BCUT2D eigenvalue weighted by atomic mass is 10.2. The highest BCUT2D eigenvalue weighted by atomic mass is 16.1. The molecule has 104 valence electrons. The van der Waals surface area contributed by atoms with Crippen molar-refractivity contribution in [2.75, 3.05) is 13.6 Å². The molecule has 1 aliphatic heterocycles. The van der Waals surface area contributed by atoms with Gasteiger partial charge in [-0.2, -0.15) is 0 Å². The Labute approximate surface area is 114 Å². The zero-order chi connectivity index (χ0) is 14.0. The molecule has 5 heteroatoms. The third kappa shape index (κ3) is 3.29. The van der Waals surface area contributed by atoms with Gasteiger partial charge in [0.05, 0.1) is 6.04 Å². The van der Waals surface area contributed by atoms with Crippen molar-refractivity contribution in [3.8, 4) is 0 Å². The SMILES string of the molecule is Cc1cc(C(=O)NC(C)C)nc([C@H]2CCCN2C)n1. The maximum atomic E-state index is 12.0. The van der Waals surface area contributed by atoms with E-state index in [1.807, 2.05) is 20.8 Å². The maximum Gasteiger partial charge on any atom is 0.270 e. The van der Waals surface area contributed by atoms with E-state index in [4.69, 9.17) is 0 Å². The molecule has 0 spiro atoms. The first-order valence-electron chi connectivity index (χ1n) is 6.84. The molecule has 1 aliphatic rings. The van der Waals surface area contributed by atoms with Gasteiger partial charge in [0.25, 0.3) is 5.91 Å². The average Bonchev–Trinajstić information content (AvgIpc) is 2.73. The van der Waals surface area contributed by atoms with E-state index in [1.165, 1.54) is 0 Å². The summed E-state index contributed by atoms with van der Waals surface area (Å²) in [6.45, 7) is 6.86. The Morgan fingerprint density at radius 2 is 2.21 bits per heavy atom. The molecule has 0 bridgehead atoms. The van der Waals surface area contributed by atoms with Crippen molar-refractivity contribution in [1.29, 1.82) is 0 Å². The van der Waals surface area contributed by atoms with E-state index in [2.05, 4.69) is 27.2 Å². The Kier molecular flexibility index (Phi) is 4.14. The van der Waals surface area contributed by atoms with Crippen molar-refractivity contribution in [3.63, 3.8) is 0 Å². The molecule has 0 radical (unpaired) electrons. The Morgan fingerprint density at radius 1 is 1.47 bits per heavy atom. The van der Waals surface area contributed by atoms with Crippen LogP contribution in [-0.4, -0.2) is 40.4 Å². The van der Waals surface area contributed by atoms with Crippen LogP contribution in [-0.2, 0) is 0 Å². The van der Waals surface area contributed by atoms with Crippen LogP contribution in [0.15, 0.2) is 6.07 Å². The van der Waals surface area contributed by atoms with Crippen molar-refractivity contribution in [1.82, 2.24) is 20.2 Å². The van der Waals surface area contributed by atoms with Crippen molar-refractivity contribution in [2.45, 2.75) is 45.7 Å². The summed E-state index contributed by atoms with van der Waals surface area (Å²) in [5.74, 6) is 0.649. The van der Waals surface area contributed by atoms with Crippen LogP contribution in [0.4, 0.5) is 0 Å². The molecule has 1 amide bonds. The van der Waals surface area contributed by atoms with E-state index < -0.39 is 0 Å². The lowest BCUT2D eigenvalue weighted by molar-refractivity contribution is 0.0937. The van der Waals surface area contributed by atoms with E-state index >= 15 is 0 Å². The van der Waals surface area contributed by atoms with Gasteiger partial charge < -0.3 is 5.32 Å². The molecule has 0 unspecified atom stereocenters. The number of nitrogens with zero attached hydrogens (tertiary/aromatic N) is 3. The third-order valence-electron chi connectivity index (χ3n) is 3.34. The minimum Gasteiger partial charge on any atom is -0.349 e. The molecule has 0 aliphatic carbocycles. The van der Waals surface area contributed by atoms with Crippen LogP contribution >= 0.6 is 0 Å². The van der Waals surface area contributed by atoms with E-state index in [9.17, 15) is 4.79 Å². The van der Waals surface area contributed by atoms with Crippen LogP contribution in [0.25, 0.3) is 0 Å². The average molecular weight is 262 g/mol. The van der Waals surface area contributed by atoms with Crippen molar-refractivity contribution in [2.24, 2.45) is 0 Å². The highest BCUT2D eigenvalue weighted by molar-refractivity contribution is 5.92. The Balaban J connectivity index is 2.26. The quantitative estimate of drug-likeness (QED) is 0.900. The van der Waals surface area contributed by atoms with Crippen LogP contribution < -0.4 is 5.32 Å². The number of aromatic nitrogens is 2. The standard InChI is InChI=1S/C14H22N4O/c1-9(2)15-14(19)11-8-10(3)16-13(17-11)12-6-5-7-18(12)4/h8-9,12H,5-7H2,1-4H3,(H,15,19)/t12-/m1/s1. The minimum atomic E-state index is -0.123. The summed E-state index contributed by atoms with van der Waals surface area (Å²) in [5, 5.41) is 2.87. The van der Waals surface area contributed by atoms with Gasteiger partial charge in [-0.3, -0.25) is 9.69 Å². The van der Waals surface area contributed by atoms with Gasteiger partial charge in [-0.25, -0.2) is 9.97 Å². The van der Waals surface area contributed by atoms with Gasteiger partial charge in [-0.1, -0.05) is 0 Å². The predicted molar refractivity (Wildman–Crippen MR) is 74.0 cm³/mol. The van der Waals surface area contributed by atoms with Gasteiger partial charge in [0.2, 0.25) is 0 Å². The number of amides is 1. The zero-order valence-corrected chi connectivity index (χ0v) is 12.1. The summed E-state index contributed by atoms with van der Waals surface area (Å²) in [6.07, 6.45) is 2.22. The van der Waals surface area contributed by atoms with E-state index in [0.29, 0.717) is 5.69 Å². The number of hydrogen-bond donors (Lipinski definition) is 1. The van der Waals surface area contributed by atoms with E-state index in [0.717, 1.165) is 30.9 Å². The molecule has 1 fully saturated rings. The number of hydrogen-bond acceptors (Lipinski definition) is 4. The zero-order valence-electron chi connectivity index (χ0n) is 12.1. The summed E-state index contributed by atoms with van der Waals surface area (Å²) in [4.78, 5) is 23.2. The van der Waals surface area contributed by atoms with Gasteiger partial charge in [0.1, 0.15) is 11.5 Å². The Hall–Kier alpha value is -1.49. The summed E-state index contributed by atoms with van der Waals surface area (Å²) in [5.41, 5.74) is 1.32. The van der Waals surface area contributed by atoms with Crippen molar-refractivity contribution >= 4 is 5.91 Å². The first-order chi connectivity index (χ1) is 8.97. The van der Waals surface area contributed by atoms with Crippen LogP contribution in [0, 0.1) is 6.92 Å². The normalized spacial score (nSPS) is 19.9. The number of likely N-dealkylation sites (tertiary alicyclic amines) is 1. The van der Waals surface area contributed by atoms with Crippen LogP contribution in [0.3, 0.4) is 0 Å². The van der Waals surface area contributed by atoms with Gasteiger partial charge >= 0.3 is 0 Å². The van der Waals surface area contributed by atoms with E-state index in [1.54, 1.807) is 6.07 Å². The number of carbonyl (C=O) groups excluding carboxylic acids is 1. The predicted octanol–water partition coefficient (Wildman–Crippen LogP) is 1.69. The molecule has 2 heterocycles. The fourth-order valence-corrected chi connectivity index (χ4v) is 2.43.